The van der Waals surface area contributed by atoms with Gasteiger partial charge in [-0.1, -0.05) is 26.2 Å². The van der Waals surface area contributed by atoms with Gasteiger partial charge in [-0.25, -0.2) is 4.39 Å². The molecule has 32 heavy (non-hydrogen) atoms. The zero-order chi connectivity index (χ0) is 22.7. The van der Waals surface area contributed by atoms with Crippen LogP contribution >= 0.6 is 0 Å². The normalized spacial score (nSPS) is 25.3. The second kappa shape index (κ2) is 10.3. The molecule has 2 heterocycles. The smallest absolute Gasteiger partial charge is 0.167 e. The first-order valence-electron chi connectivity index (χ1n) is 12.7. The van der Waals surface area contributed by atoms with Gasteiger partial charge in [-0.2, -0.15) is 0 Å². The molecule has 3 fully saturated rings. The number of hydrogen-bond donors (Lipinski definition) is 1. The van der Waals surface area contributed by atoms with E-state index in [9.17, 15) is 4.39 Å². The molecule has 180 valence electrons. The van der Waals surface area contributed by atoms with E-state index in [0.717, 1.165) is 44.6 Å². The summed E-state index contributed by atoms with van der Waals surface area (Å²) in [5.41, 5.74) is 1.05. The minimum absolute atomic E-state index is 0.115. The predicted molar refractivity (Wildman–Crippen MR) is 129 cm³/mol. The Morgan fingerprint density at radius 3 is 2.50 bits per heavy atom. The second-order valence-electron chi connectivity index (χ2n) is 10.6. The van der Waals surface area contributed by atoms with E-state index < -0.39 is 0 Å². The van der Waals surface area contributed by atoms with Gasteiger partial charge in [0, 0.05) is 29.4 Å². The van der Waals surface area contributed by atoms with Crippen molar-refractivity contribution >= 4 is 5.69 Å². The third kappa shape index (κ3) is 4.92. The van der Waals surface area contributed by atoms with Gasteiger partial charge in [0.15, 0.2) is 11.6 Å². The maximum Gasteiger partial charge on any atom is 0.167 e. The largest absolute Gasteiger partial charge is 0.494 e. The Morgan fingerprint density at radius 2 is 1.88 bits per heavy atom. The van der Waals surface area contributed by atoms with Crippen molar-refractivity contribution in [3.8, 4) is 5.75 Å². The average molecular weight is 447 g/mol. The lowest BCUT2D eigenvalue weighted by Gasteiger charge is -2.54. The molecule has 0 spiro atoms. The van der Waals surface area contributed by atoms with Crippen LogP contribution in [0.15, 0.2) is 18.2 Å². The molecule has 2 atom stereocenters. The van der Waals surface area contributed by atoms with Crippen LogP contribution in [-0.2, 0) is 0 Å². The fourth-order valence-electron chi connectivity index (χ4n) is 6.27. The van der Waals surface area contributed by atoms with E-state index >= 15 is 0 Å². The zero-order valence-corrected chi connectivity index (χ0v) is 20.6. The van der Waals surface area contributed by atoms with Crippen molar-refractivity contribution in [1.29, 1.82) is 0 Å². The summed E-state index contributed by atoms with van der Waals surface area (Å²) in [4.78, 5) is 7.65. The Labute approximate surface area is 194 Å². The van der Waals surface area contributed by atoms with E-state index in [1.165, 1.54) is 52.1 Å². The number of rotatable bonds is 7. The van der Waals surface area contributed by atoms with E-state index in [1.54, 1.807) is 12.1 Å². The van der Waals surface area contributed by atoms with E-state index in [1.807, 2.05) is 6.07 Å². The van der Waals surface area contributed by atoms with Crippen molar-refractivity contribution in [3.05, 3.63) is 24.0 Å². The summed E-state index contributed by atoms with van der Waals surface area (Å²) in [5.74, 6) is 0.739. The van der Waals surface area contributed by atoms with Gasteiger partial charge in [0.1, 0.15) is 0 Å². The molecule has 6 heteroatoms. The number of anilines is 1. The molecule has 0 amide bonds. The van der Waals surface area contributed by atoms with Crippen LogP contribution in [0.3, 0.4) is 0 Å². The van der Waals surface area contributed by atoms with Crippen LogP contribution in [0, 0.1) is 11.7 Å². The first-order chi connectivity index (χ1) is 15.4. The van der Waals surface area contributed by atoms with Gasteiger partial charge in [-0.3, -0.25) is 9.80 Å². The van der Waals surface area contributed by atoms with Crippen LogP contribution in [0.25, 0.3) is 0 Å². The number of benzene rings is 1. The van der Waals surface area contributed by atoms with Gasteiger partial charge in [-0.05, 0) is 70.5 Å². The molecule has 0 aromatic heterocycles. The van der Waals surface area contributed by atoms with Crippen molar-refractivity contribution in [2.45, 2.75) is 89.8 Å². The number of ether oxygens (including phenoxy) is 1. The van der Waals surface area contributed by atoms with E-state index in [4.69, 9.17) is 4.74 Å². The molecule has 4 rings (SSSR count). The summed E-state index contributed by atoms with van der Waals surface area (Å²) < 4.78 is 19.8. The third-order valence-electron chi connectivity index (χ3n) is 8.42. The summed E-state index contributed by atoms with van der Waals surface area (Å²) >= 11 is 0. The van der Waals surface area contributed by atoms with Crippen molar-refractivity contribution < 1.29 is 9.13 Å². The first-order valence-corrected chi connectivity index (χ1v) is 12.7. The van der Waals surface area contributed by atoms with Gasteiger partial charge in [0.25, 0.3) is 0 Å². The minimum atomic E-state index is -0.287. The van der Waals surface area contributed by atoms with Crippen molar-refractivity contribution in [2.24, 2.45) is 5.92 Å². The highest BCUT2D eigenvalue weighted by Crippen LogP contribution is 2.38. The summed E-state index contributed by atoms with van der Waals surface area (Å²) in [7, 11) is 1.52. The monoisotopic (exact) mass is 446 g/mol. The number of nitrogens with one attached hydrogen (secondary N) is 1. The quantitative estimate of drug-likeness (QED) is 0.636. The average Bonchev–Trinajstić information content (AvgIpc) is 3.34. The van der Waals surface area contributed by atoms with Gasteiger partial charge < -0.3 is 15.0 Å². The SMILES string of the molecule is CCC(C1CCCN1)N1CN(c2ccc(OC)c(F)c2)CN(C(C)(C)C2CCCCC2)C1. The molecule has 1 aromatic rings. The van der Waals surface area contributed by atoms with Crippen LogP contribution in [0.4, 0.5) is 10.1 Å². The zero-order valence-electron chi connectivity index (χ0n) is 20.6. The second-order valence-corrected chi connectivity index (χ2v) is 10.6. The summed E-state index contributed by atoms with van der Waals surface area (Å²) in [6.45, 7) is 11.0. The van der Waals surface area contributed by atoms with Crippen LogP contribution in [0.2, 0.25) is 0 Å². The first kappa shape index (κ1) is 23.8. The Kier molecular flexibility index (Phi) is 7.63. The fourth-order valence-corrected chi connectivity index (χ4v) is 6.27. The highest BCUT2D eigenvalue weighted by Gasteiger charge is 2.42. The molecular weight excluding hydrogens is 403 g/mol. The molecule has 5 nitrogen and oxygen atoms in total. The highest BCUT2D eigenvalue weighted by molar-refractivity contribution is 5.50. The maximum atomic E-state index is 14.6. The minimum Gasteiger partial charge on any atom is -0.494 e. The molecule has 1 N–H and O–H groups in total. The number of hydrogen-bond acceptors (Lipinski definition) is 5. The molecule has 1 aliphatic carbocycles. The van der Waals surface area contributed by atoms with Crippen molar-refractivity contribution in [2.75, 3.05) is 38.6 Å². The number of nitrogens with zero attached hydrogens (tertiary/aromatic N) is 3. The lowest BCUT2D eigenvalue weighted by atomic mass is 9.76. The van der Waals surface area contributed by atoms with Gasteiger partial charge >= 0.3 is 0 Å². The molecule has 1 saturated carbocycles. The standard InChI is InChI=1S/C26H43FN4O/c1-5-24(23-12-9-15-28-23)30-17-29(21-13-14-25(32-4)22(27)16-21)18-31(19-30)26(2,3)20-10-7-6-8-11-20/h13-14,16,20,23-24,28H,5-12,15,17-19H2,1-4H3. The molecule has 0 bridgehead atoms. The van der Waals surface area contributed by atoms with E-state index in [0.29, 0.717) is 17.8 Å². The topological polar surface area (TPSA) is 31.0 Å². The molecule has 3 aliphatic rings. The van der Waals surface area contributed by atoms with E-state index in [2.05, 4.69) is 40.8 Å². The van der Waals surface area contributed by atoms with Crippen LogP contribution < -0.4 is 15.0 Å². The Hall–Kier alpha value is -1.37. The maximum absolute atomic E-state index is 14.6. The highest BCUT2D eigenvalue weighted by atomic mass is 19.1. The Balaban J connectivity index is 1.61. The van der Waals surface area contributed by atoms with Crippen molar-refractivity contribution in [1.82, 2.24) is 15.1 Å². The van der Waals surface area contributed by atoms with Crippen LogP contribution in [0.1, 0.15) is 72.1 Å². The molecule has 2 aliphatic heterocycles. The molecule has 0 radical (unpaired) electrons. The van der Waals surface area contributed by atoms with Gasteiger partial charge in [0.05, 0.1) is 27.1 Å². The third-order valence-corrected chi connectivity index (χ3v) is 8.42. The fraction of sp³-hybridized carbons (Fsp3) is 0.769. The number of halogens is 1. The van der Waals surface area contributed by atoms with Crippen molar-refractivity contribution in [3.63, 3.8) is 0 Å². The summed E-state index contributed by atoms with van der Waals surface area (Å²) in [6.07, 6.45) is 10.4. The van der Waals surface area contributed by atoms with E-state index in [-0.39, 0.29) is 11.4 Å². The lowest BCUT2D eigenvalue weighted by molar-refractivity contribution is -0.0438. The molecule has 2 unspecified atom stereocenters. The Bertz CT molecular complexity index is 745. The summed E-state index contributed by atoms with van der Waals surface area (Å²) in [6, 6.07) is 6.45. The predicted octanol–water partition coefficient (Wildman–Crippen LogP) is 5.02. The molecule has 1 aromatic carbocycles. The Morgan fingerprint density at radius 1 is 1.09 bits per heavy atom. The molecule has 2 saturated heterocycles. The van der Waals surface area contributed by atoms with Crippen LogP contribution in [-0.4, -0.2) is 61.1 Å². The van der Waals surface area contributed by atoms with Crippen LogP contribution in [0.5, 0.6) is 5.75 Å². The summed E-state index contributed by atoms with van der Waals surface area (Å²) in [5, 5.41) is 3.75. The lowest BCUT2D eigenvalue weighted by Crippen LogP contribution is -2.66. The number of methoxy groups -OCH3 is 1. The van der Waals surface area contributed by atoms with Gasteiger partial charge in [-0.15, -0.1) is 0 Å². The molecular formula is C26H43FN4O. The van der Waals surface area contributed by atoms with Gasteiger partial charge in [0.2, 0.25) is 0 Å².